The van der Waals surface area contributed by atoms with Crippen LogP contribution < -0.4 is 26.6 Å². The standard InChI is InChI=1S/C50H81N7O16/c1-5-6-7-8-9-10-11-12-13-14-15-16-17-18-36(63)51-33-24-35(62)46(69)55-48(71)40-41(64)27(2)25-57(40)50(73)38(29(4)59)53-47(70)39(43(66)42(65)30-19-21-31(60)22-20-30)54-45(68)34-23-32(61)26-56(34)49(72)37(28(3)58)52-44(33)67/h19-22,27-29,32-35,37-43,46,58-62,64-66,69H,5-18,23-26H2,1-4H3,(H,51,63)(H,52,67)(H,53,70)(H,54,68)(H,55,71). The summed E-state index contributed by atoms with van der Waals surface area (Å²) in [5.41, 5.74) is -0.0586. The number of phenols is 1. The van der Waals surface area contributed by atoms with E-state index >= 15 is 0 Å². The molecule has 23 heteroatoms. The van der Waals surface area contributed by atoms with Crippen LogP contribution in [0.3, 0.4) is 0 Å². The Bertz CT molecular complexity index is 1980. The van der Waals surface area contributed by atoms with Crippen LogP contribution in [0.4, 0.5) is 0 Å². The lowest BCUT2D eigenvalue weighted by Crippen LogP contribution is -2.64. The maximum Gasteiger partial charge on any atom is 0.248 e. The average molecular weight is 1040 g/mol. The molecule has 3 saturated heterocycles. The zero-order valence-corrected chi connectivity index (χ0v) is 42.5. The average Bonchev–Trinajstić information content (AvgIpc) is 3.89. The minimum absolute atomic E-state index is 0.0494. The molecule has 3 heterocycles. The quantitative estimate of drug-likeness (QED) is 0.0650. The van der Waals surface area contributed by atoms with Crippen molar-refractivity contribution in [3.05, 3.63) is 29.8 Å². The van der Waals surface area contributed by atoms with E-state index in [1.165, 1.54) is 64.0 Å². The summed E-state index contributed by atoms with van der Waals surface area (Å²) in [5.74, 6) is -8.92. The summed E-state index contributed by atoms with van der Waals surface area (Å²) in [6.45, 7) is 5.01. The summed E-state index contributed by atoms with van der Waals surface area (Å²) >= 11 is 0. The van der Waals surface area contributed by atoms with Crippen LogP contribution in [0.5, 0.6) is 5.75 Å². The number of carbonyl (C=O) groups excluding carboxylic acids is 7. The predicted octanol–water partition coefficient (Wildman–Crippen LogP) is -1.66. The number of nitrogens with zero attached hydrogens (tertiary/aromatic N) is 2. The van der Waals surface area contributed by atoms with Gasteiger partial charge in [0, 0.05) is 38.3 Å². The van der Waals surface area contributed by atoms with Gasteiger partial charge in [0.15, 0.2) is 6.23 Å². The summed E-state index contributed by atoms with van der Waals surface area (Å²) in [4.78, 5) is 100. The van der Waals surface area contributed by atoms with Crippen LogP contribution in [-0.2, 0) is 33.6 Å². The second kappa shape index (κ2) is 29.2. The van der Waals surface area contributed by atoms with E-state index in [0.717, 1.165) is 61.5 Å². The first-order chi connectivity index (χ1) is 34.6. The van der Waals surface area contributed by atoms with Crippen molar-refractivity contribution in [2.45, 2.75) is 216 Å². The maximum atomic E-state index is 14.3. The van der Waals surface area contributed by atoms with Crippen LogP contribution in [0.1, 0.15) is 142 Å². The van der Waals surface area contributed by atoms with E-state index in [9.17, 15) is 79.5 Å². The summed E-state index contributed by atoms with van der Waals surface area (Å²) in [6, 6.07) is -6.56. The van der Waals surface area contributed by atoms with E-state index in [1.54, 1.807) is 0 Å². The molecule has 15 atom stereocenters. The monoisotopic (exact) mass is 1040 g/mol. The van der Waals surface area contributed by atoms with Crippen LogP contribution in [0, 0.1) is 5.92 Å². The molecule has 73 heavy (non-hydrogen) atoms. The van der Waals surface area contributed by atoms with Gasteiger partial charge in [0.1, 0.15) is 60.3 Å². The molecule has 1 aromatic carbocycles. The van der Waals surface area contributed by atoms with E-state index in [0.29, 0.717) is 12.8 Å². The van der Waals surface area contributed by atoms with E-state index < -0.39 is 152 Å². The minimum Gasteiger partial charge on any atom is -0.508 e. The number of carbonyl (C=O) groups is 7. The first-order valence-corrected chi connectivity index (χ1v) is 25.9. The molecule has 0 radical (unpaired) electrons. The summed E-state index contributed by atoms with van der Waals surface area (Å²) in [7, 11) is 0. The van der Waals surface area contributed by atoms with Gasteiger partial charge in [-0.05, 0) is 38.0 Å². The highest BCUT2D eigenvalue weighted by molar-refractivity contribution is 5.98. The molecule has 0 bridgehead atoms. The van der Waals surface area contributed by atoms with Crippen molar-refractivity contribution < 1.29 is 79.5 Å². The molecule has 15 unspecified atom stereocenters. The number of phenolic OH excluding ortho intramolecular Hbond substituents is 1. The lowest BCUT2D eigenvalue weighted by atomic mass is 9.96. The molecule has 14 N–H and O–H groups in total. The summed E-state index contributed by atoms with van der Waals surface area (Å²) in [5, 5.41) is 110. The fraction of sp³-hybridized carbons (Fsp3) is 0.740. The number of amides is 7. The number of aliphatic hydroxyl groups is 8. The molecular formula is C50H81N7O16. The molecule has 0 aliphatic carbocycles. The molecule has 3 aliphatic heterocycles. The Hall–Kier alpha value is -5.01. The lowest BCUT2D eigenvalue weighted by Gasteiger charge is -2.34. The van der Waals surface area contributed by atoms with Crippen molar-refractivity contribution >= 4 is 41.4 Å². The predicted molar refractivity (Wildman–Crippen MR) is 262 cm³/mol. The van der Waals surface area contributed by atoms with Gasteiger partial charge in [0.05, 0.1) is 24.4 Å². The van der Waals surface area contributed by atoms with Crippen molar-refractivity contribution in [2.24, 2.45) is 5.92 Å². The number of unbranched alkanes of at least 4 members (excludes halogenated alkanes) is 12. The van der Waals surface area contributed by atoms with Crippen LogP contribution in [0.2, 0.25) is 0 Å². The third-order valence-electron chi connectivity index (χ3n) is 14.0. The third kappa shape index (κ3) is 17.3. The Labute approximate surface area is 426 Å². The van der Waals surface area contributed by atoms with Gasteiger partial charge < -0.3 is 82.3 Å². The van der Waals surface area contributed by atoms with E-state index in [2.05, 4.69) is 33.5 Å². The molecule has 4 rings (SSSR count). The van der Waals surface area contributed by atoms with Gasteiger partial charge in [-0.25, -0.2) is 0 Å². The van der Waals surface area contributed by atoms with Gasteiger partial charge in [-0.3, -0.25) is 33.6 Å². The van der Waals surface area contributed by atoms with Crippen molar-refractivity contribution in [1.82, 2.24) is 36.4 Å². The van der Waals surface area contributed by atoms with E-state index in [-0.39, 0.29) is 24.3 Å². The Morgan fingerprint density at radius 2 is 1.15 bits per heavy atom. The van der Waals surface area contributed by atoms with Crippen LogP contribution >= 0.6 is 0 Å². The van der Waals surface area contributed by atoms with Crippen LogP contribution in [0.15, 0.2) is 24.3 Å². The summed E-state index contributed by atoms with van der Waals surface area (Å²) in [6.07, 6.45) is -2.52. The Balaban J connectivity index is 1.64. The molecule has 23 nitrogen and oxygen atoms in total. The fourth-order valence-corrected chi connectivity index (χ4v) is 9.59. The number of fused-ring (bicyclic) bond motifs is 2. The Kier molecular flexibility index (Phi) is 24.2. The normalized spacial score (nSPS) is 29.7. The molecule has 1 aromatic rings. The second-order valence-corrected chi connectivity index (χ2v) is 20.1. The number of rotatable bonds is 20. The molecule has 412 valence electrons. The highest BCUT2D eigenvalue weighted by Gasteiger charge is 2.50. The molecule has 0 saturated carbocycles. The summed E-state index contributed by atoms with van der Waals surface area (Å²) < 4.78 is 0. The largest absolute Gasteiger partial charge is 0.508 e. The van der Waals surface area contributed by atoms with Gasteiger partial charge in [0.25, 0.3) is 0 Å². The number of hydrogen-bond donors (Lipinski definition) is 14. The lowest BCUT2D eigenvalue weighted by molar-refractivity contribution is -0.148. The van der Waals surface area contributed by atoms with Crippen LogP contribution in [0.25, 0.3) is 0 Å². The van der Waals surface area contributed by atoms with Crippen molar-refractivity contribution in [2.75, 3.05) is 13.1 Å². The number of aromatic hydroxyl groups is 1. The number of hydrogen-bond acceptors (Lipinski definition) is 16. The Morgan fingerprint density at radius 3 is 1.70 bits per heavy atom. The molecule has 0 aromatic heterocycles. The van der Waals surface area contributed by atoms with Crippen LogP contribution in [-0.4, -0.2) is 189 Å². The maximum absolute atomic E-state index is 14.3. The van der Waals surface area contributed by atoms with E-state index in [4.69, 9.17) is 0 Å². The molecule has 3 fully saturated rings. The topological polar surface area (TPSA) is 368 Å². The van der Waals surface area contributed by atoms with Gasteiger partial charge in [-0.1, -0.05) is 103 Å². The van der Waals surface area contributed by atoms with Crippen molar-refractivity contribution in [1.29, 1.82) is 0 Å². The molecule has 0 spiro atoms. The van der Waals surface area contributed by atoms with Crippen molar-refractivity contribution in [3.8, 4) is 5.75 Å². The number of aliphatic hydroxyl groups excluding tert-OH is 8. The number of benzene rings is 1. The molecular weight excluding hydrogens is 955 g/mol. The molecule has 3 aliphatic rings. The SMILES string of the molecule is CCCCCCCCCCCCCCCC(=O)NC1CC(O)C(O)NC(=O)C2C(O)C(C)CN2C(=O)C(C(C)O)NC(=O)C(C(O)C(O)c2ccc(O)cc2)NC(=O)C2CC(O)CN2C(=O)C(C(C)O)NC1=O. The van der Waals surface area contributed by atoms with Gasteiger partial charge in [-0.15, -0.1) is 0 Å². The van der Waals surface area contributed by atoms with Crippen molar-refractivity contribution in [3.63, 3.8) is 0 Å². The smallest absolute Gasteiger partial charge is 0.248 e. The second-order valence-electron chi connectivity index (χ2n) is 20.1. The third-order valence-corrected chi connectivity index (χ3v) is 14.0. The zero-order valence-electron chi connectivity index (χ0n) is 42.5. The fourth-order valence-electron chi connectivity index (χ4n) is 9.59. The van der Waals surface area contributed by atoms with Gasteiger partial charge >= 0.3 is 0 Å². The first kappa shape index (κ1) is 60.5. The highest BCUT2D eigenvalue weighted by atomic mass is 16.3. The Morgan fingerprint density at radius 1 is 0.644 bits per heavy atom. The minimum atomic E-state index is -2.27. The van der Waals surface area contributed by atoms with Gasteiger partial charge in [0.2, 0.25) is 41.4 Å². The number of nitrogens with one attached hydrogen (secondary N) is 5. The molecule has 7 amide bonds. The first-order valence-electron chi connectivity index (χ1n) is 25.9. The van der Waals surface area contributed by atoms with Gasteiger partial charge in [-0.2, -0.15) is 0 Å². The zero-order chi connectivity index (χ0) is 54.1. The highest BCUT2D eigenvalue weighted by Crippen LogP contribution is 2.28. The van der Waals surface area contributed by atoms with E-state index in [1.807, 2.05) is 0 Å².